The fourth-order valence-corrected chi connectivity index (χ4v) is 2.80. The van der Waals surface area contributed by atoms with Crippen molar-refractivity contribution in [1.29, 1.82) is 0 Å². The lowest BCUT2D eigenvalue weighted by atomic mass is 10.1. The Kier molecular flexibility index (Phi) is 4.20. The lowest BCUT2D eigenvalue weighted by Gasteiger charge is -2.28. The molecule has 1 aliphatic rings. The maximum absolute atomic E-state index is 13.1. The molecule has 4 nitrogen and oxygen atoms in total. The molecule has 0 bridgehead atoms. The van der Waals surface area contributed by atoms with Crippen molar-refractivity contribution in [3.05, 3.63) is 42.1 Å². The molecule has 1 aromatic heterocycles. The average molecular weight is 289 g/mol. The third-order valence-electron chi connectivity index (χ3n) is 4.03. The molecule has 1 fully saturated rings. The van der Waals surface area contributed by atoms with E-state index in [1.165, 1.54) is 5.56 Å². The summed E-state index contributed by atoms with van der Waals surface area (Å²) in [5, 5.41) is 13.4. The molecule has 112 valence electrons. The Morgan fingerprint density at radius 1 is 1.19 bits per heavy atom. The summed E-state index contributed by atoms with van der Waals surface area (Å²) < 4.78 is 14.8. The van der Waals surface area contributed by atoms with Crippen LogP contribution in [0.1, 0.15) is 18.4 Å². The molecule has 21 heavy (non-hydrogen) atoms. The average Bonchev–Trinajstić information content (AvgIpc) is 2.93. The van der Waals surface area contributed by atoms with Gasteiger partial charge in [0, 0.05) is 31.9 Å². The van der Waals surface area contributed by atoms with Gasteiger partial charge in [-0.1, -0.05) is 18.2 Å². The highest BCUT2D eigenvalue weighted by atomic mass is 19.1. The summed E-state index contributed by atoms with van der Waals surface area (Å²) in [6, 6.07) is 9.62. The summed E-state index contributed by atoms with van der Waals surface area (Å²) in [6.07, 6.45) is 3.32. The van der Waals surface area contributed by atoms with Crippen LogP contribution < -0.4 is 0 Å². The first kappa shape index (κ1) is 14.1. The van der Waals surface area contributed by atoms with Crippen LogP contribution in [0.2, 0.25) is 0 Å². The predicted molar refractivity (Wildman–Crippen MR) is 79.5 cm³/mol. The van der Waals surface area contributed by atoms with E-state index in [-0.39, 0.29) is 5.88 Å². The van der Waals surface area contributed by atoms with E-state index >= 15 is 0 Å². The molecule has 0 spiro atoms. The van der Waals surface area contributed by atoms with E-state index in [0.29, 0.717) is 12.8 Å². The van der Waals surface area contributed by atoms with Gasteiger partial charge in [0.1, 0.15) is 6.17 Å². The molecule has 0 aliphatic carbocycles. The molecule has 1 saturated heterocycles. The van der Waals surface area contributed by atoms with E-state index in [0.717, 1.165) is 31.7 Å². The fourth-order valence-electron chi connectivity index (χ4n) is 2.80. The summed E-state index contributed by atoms with van der Waals surface area (Å²) in [5.74, 6) is 0.0230. The van der Waals surface area contributed by atoms with Crippen LogP contribution in [0.25, 0.3) is 5.69 Å². The molecular weight excluding hydrogens is 269 g/mol. The normalized spacial score (nSPS) is 17.2. The highest BCUT2D eigenvalue weighted by Gasteiger charge is 2.18. The molecule has 5 heteroatoms. The Hall–Kier alpha value is -1.88. The number of nitrogens with zero attached hydrogens (tertiary/aromatic N) is 3. The summed E-state index contributed by atoms with van der Waals surface area (Å²) >= 11 is 0. The zero-order valence-electron chi connectivity index (χ0n) is 12.0. The third kappa shape index (κ3) is 3.42. The number of piperidine rings is 1. The zero-order valence-corrected chi connectivity index (χ0v) is 12.0. The minimum atomic E-state index is -0.624. The Morgan fingerprint density at radius 3 is 2.67 bits per heavy atom. The Morgan fingerprint density at radius 2 is 1.95 bits per heavy atom. The summed E-state index contributed by atoms with van der Waals surface area (Å²) in [5.41, 5.74) is 2.17. The van der Waals surface area contributed by atoms with Crippen molar-refractivity contribution in [2.45, 2.75) is 25.4 Å². The monoisotopic (exact) mass is 289 g/mol. The van der Waals surface area contributed by atoms with E-state index in [9.17, 15) is 9.50 Å². The number of hydrogen-bond acceptors (Lipinski definition) is 3. The highest BCUT2D eigenvalue weighted by molar-refractivity contribution is 5.40. The van der Waals surface area contributed by atoms with Gasteiger partial charge in [0.05, 0.1) is 5.69 Å². The molecule has 2 heterocycles. The Labute approximate surface area is 123 Å². The number of hydrogen-bond donors (Lipinski definition) is 1. The molecular formula is C16H20FN3O. The topological polar surface area (TPSA) is 41.3 Å². The first-order chi connectivity index (χ1) is 10.2. The van der Waals surface area contributed by atoms with Crippen molar-refractivity contribution in [3.8, 4) is 11.6 Å². The smallest absolute Gasteiger partial charge is 0.230 e. The van der Waals surface area contributed by atoms with E-state index in [2.05, 4.69) is 16.1 Å². The van der Waals surface area contributed by atoms with E-state index in [1.54, 1.807) is 16.9 Å². The van der Waals surface area contributed by atoms with Crippen molar-refractivity contribution >= 4 is 0 Å². The molecule has 1 N–H and O–H groups in total. The van der Waals surface area contributed by atoms with Crippen LogP contribution in [0.3, 0.4) is 0 Å². The SMILES string of the molecule is Oc1ccn(-c2ccccc2CCN2CCC(F)CC2)n1. The molecule has 3 rings (SSSR count). The molecule has 0 atom stereocenters. The van der Waals surface area contributed by atoms with Crippen LogP contribution in [0.5, 0.6) is 5.88 Å². The van der Waals surface area contributed by atoms with Gasteiger partial charge in [0.2, 0.25) is 5.88 Å². The van der Waals surface area contributed by atoms with Crippen LogP contribution in [0.15, 0.2) is 36.5 Å². The molecule has 0 amide bonds. The lowest BCUT2D eigenvalue weighted by Crippen LogP contribution is -2.35. The first-order valence-corrected chi connectivity index (χ1v) is 7.42. The van der Waals surface area contributed by atoms with Gasteiger partial charge in [-0.15, -0.1) is 5.10 Å². The van der Waals surface area contributed by atoms with Gasteiger partial charge >= 0.3 is 0 Å². The number of rotatable bonds is 4. The van der Waals surface area contributed by atoms with Gasteiger partial charge in [-0.25, -0.2) is 9.07 Å². The maximum Gasteiger partial charge on any atom is 0.230 e. The van der Waals surface area contributed by atoms with Gasteiger partial charge in [-0.05, 0) is 30.9 Å². The van der Waals surface area contributed by atoms with Gasteiger partial charge in [0.25, 0.3) is 0 Å². The van der Waals surface area contributed by atoms with Crippen LogP contribution in [-0.2, 0) is 6.42 Å². The van der Waals surface area contributed by atoms with Crippen molar-refractivity contribution in [2.24, 2.45) is 0 Å². The number of halogens is 1. The summed E-state index contributed by atoms with van der Waals surface area (Å²) in [6.45, 7) is 2.61. The largest absolute Gasteiger partial charge is 0.492 e. The minimum absolute atomic E-state index is 0.0230. The van der Waals surface area contributed by atoms with Crippen molar-refractivity contribution < 1.29 is 9.50 Å². The predicted octanol–water partition coefficient (Wildman–Crippen LogP) is 2.55. The zero-order chi connectivity index (χ0) is 14.7. The number of para-hydroxylation sites is 1. The number of likely N-dealkylation sites (tertiary alicyclic amines) is 1. The van der Waals surface area contributed by atoms with E-state index < -0.39 is 6.17 Å². The maximum atomic E-state index is 13.1. The molecule has 0 saturated carbocycles. The van der Waals surface area contributed by atoms with Crippen LogP contribution in [0.4, 0.5) is 4.39 Å². The van der Waals surface area contributed by atoms with E-state index in [1.807, 2.05) is 18.2 Å². The van der Waals surface area contributed by atoms with Gasteiger partial charge in [-0.2, -0.15) is 0 Å². The quantitative estimate of drug-likeness (QED) is 0.940. The first-order valence-electron chi connectivity index (χ1n) is 7.42. The summed E-state index contributed by atoms with van der Waals surface area (Å²) in [7, 11) is 0. The van der Waals surface area contributed by atoms with Crippen LogP contribution in [0, 0.1) is 0 Å². The number of aromatic hydroxyl groups is 1. The number of aromatic nitrogens is 2. The second kappa shape index (κ2) is 6.26. The Bertz CT molecular complexity index is 591. The van der Waals surface area contributed by atoms with Gasteiger partial charge in [-0.3, -0.25) is 0 Å². The second-order valence-electron chi connectivity index (χ2n) is 5.51. The number of alkyl halides is 1. The van der Waals surface area contributed by atoms with Crippen molar-refractivity contribution in [3.63, 3.8) is 0 Å². The molecule has 2 aromatic rings. The summed E-state index contributed by atoms with van der Waals surface area (Å²) in [4.78, 5) is 2.31. The fraction of sp³-hybridized carbons (Fsp3) is 0.438. The molecule has 0 unspecified atom stereocenters. The molecule has 0 radical (unpaired) electrons. The highest BCUT2D eigenvalue weighted by Crippen LogP contribution is 2.18. The van der Waals surface area contributed by atoms with Gasteiger partial charge in [0.15, 0.2) is 0 Å². The van der Waals surface area contributed by atoms with Crippen LogP contribution in [-0.4, -0.2) is 45.6 Å². The van der Waals surface area contributed by atoms with Crippen molar-refractivity contribution in [1.82, 2.24) is 14.7 Å². The standard InChI is InChI=1S/C16H20FN3O/c17-14-6-10-19(11-7-14)9-5-13-3-1-2-4-15(13)20-12-8-16(21)18-20/h1-4,8,12,14H,5-7,9-11H2,(H,18,21). The lowest BCUT2D eigenvalue weighted by molar-refractivity contribution is 0.152. The minimum Gasteiger partial charge on any atom is -0.492 e. The van der Waals surface area contributed by atoms with E-state index in [4.69, 9.17) is 0 Å². The molecule has 1 aliphatic heterocycles. The number of benzene rings is 1. The molecule has 1 aromatic carbocycles. The van der Waals surface area contributed by atoms with Crippen LogP contribution >= 0.6 is 0 Å². The Balaban J connectivity index is 1.68. The second-order valence-corrected chi connectivity index (χ2v) is 5.51. The van der Waals surface area contributed by atoms with Gasteiger partial charge < -0.3 is 10.0 Å². The van der Waals surface area contributed by atoms with Crippen molar-refractivity contribution in [2.75, 3.05) is 19.6 Å². The third-order valence-corrected chi connectivity index (χ3v) is 4.03.